The van der Waals surface area contributed by atoms with E-state index < -0.39 is 43.3 Å². The molecule has 5 atom stereocenters. The fourth-order valence-electron chi connectivity index (χ4n) is 2.79. The van der Waals surface area contributed by atoms with Crippen LogP contribution in [0.5, 0.6) is 5.95 Å². The molecule has 3 N–H and O–H groups in total. The van der Waals surface area contributed by atoms with Gasteiger partial charge in [0.1, 0.15) is 31.0 Å². The van der Waals surface area contributed by atoms with Crippen molar-refractivity contribution in [2.45, 2.75) is 37.6 Å². The summed E-state index contributed by atoms with van der Waals surface area (Å²) < 4.78 is 21.0. The number of rotatable bonds is 6. The molecule has 1 aromatic heterocycles. The minimum atomic E-state index is -1.64. The first-order valence-electron chi connectivity index (χ1n) is 9.21. The van der Waals surface area contributed by atoms with Crippen LogP contribution in [0.3, 0.4) is 0 Å². The van der Waals surface area contributed by atoms with E-state index in [2.05, 4.69) is 0 Å². The Hall–Kier alpha value is -2.98. The maximum absolute atomic E-state index is 11.9. The van der Waals surface area contributed by atoms with E-state index in [1.54, 1.807) is 18.2 Å². The van der Waals surface area contributed by atoms with E-state index in [9.17, 15) is 24.9 Å². The SMILES string of the molecule is Cc1c(OC2OC(COC(=O)/C=C/c3ccccc3)C(O)C(O)C2O)occc1=O. The first-order valence-corrected chi connectivity index (χ1v) is 9.21. The van der Waals surface area contributed by atoms with Crippen molar-refractivity contribution in [1.82, 2.24) is 0 Å². The monoisotopic (exact) mass is 418 g/mol. The van der Waals surface area contributed by atoms with Crippen molar-refractivity contribution in [2.75, 3.05) is 6.61 Å². The molecule has 2 aromatic rings. The summed E-state index contributed by atoms with van der Waals surface area (Å²) in [5.74, 6) is -0.880. The Morgan fingerprint density at radius 2 is 1.83 bits per heavy atom. The maximum Gasteiger partial charge on any atom is 0.330 e. The highest BCUT2D eigenvalue weighted by Gasteiger charge is 2.45. The topological polar surface area (TPSA) is 136 Å². The minimum Gasteiger partial charge on any atom is -0.460 e. The van der Waals surface area contributed by atoms with Crippen LogP contribution in [-0.2, 0) is 14.3 Å². The van der Waals surface area contributed by atoms with Gasteiger partial charge in [-0.25, -0.2) is 4.79 Å². The van der Waals surface area contributed by atoms with E-state index >= 15 is 0 Å². The van der Waals surface area contributed by atoms with Crippen LogP contribution < -0.4 is 10.2 Å². The molecular formula is C21H22O9. The summed E-state index contributed by atoms with van der Waals surface area (Å²) >= 11 is 0. The summed E-state index contributed by atoms with van der Waals surface area (Å²) in [5, 5.41) is 30.4. The predicted octanol–water partition coefficient (Wildman–Crippen LogP) is 0.391. The molecule has 3 rings (SSSR count). The maximum atomic E-state index is 11.9. The van der Waals surface area contributed by atoms with Gasteiger partial charge in [0.25, 0.3) is 5.95 Å². The Balaban J connectivity index is 1.62. The largest absolute Gasteiger partial charge is 0.460 e. The molecule has 9 nitrogen and oxygen atoms in total. The van der Waals surface area contributed by atoms with E-state index in [0.29, 0.717) is 0 Å². The second-order valence-corrected chi connectivity index (χ2v) is 6.70. The summed E-state index contributed by atoms with van der Waals surface area (Å²) in [6, 6.07) is 10.3. The van der Waals surface area contributed by atoms with Crippen LogP contribution >= 0.6 is 0 Å². The molecule has 160 valence electrons. The molecule has 1 aliphatic rings. The molecule has 5 unspecified atom stereocenters. The van der Waals surface area contributed by atoms with Gasteiger partial charge >= 0.3 is 5.97 Å². The summed E-state index contributed by atoms with van der Waals surface area (Å²) in [6.45, 7) is 1.06. The fourth-order valence-corrected chi connectivity index (χ4v) is 2.79. The molecular weight excluding hydrogens is 396 g/mol. The van der Waals surface area contributed by atoms with Gasteiger partial charge in [0.05, 0.1) is 11.8 Å². The van der Waals surface area contributed by atoms with Crippen LogP contribution in [0, 0.1) is 6.92 Å². The summed E-state index contributed by atoms with van der Waals surface area (Å²) in [4.78, 5) is 23.6. The lowest BCUT2D eigenvalue weighted by Crippen LogP contribution is -2.60. The summed E-state index contributed by atoms with van der Waals surface area (Å²) in [7, 11) is 0. The molecule has 0 amide bonds. The molecule has 1 saturated heterocycles. The average Bonchev–Trinajstić information content (AvgIpc) is 2.75. The zero-order valence-corrected chi connectivity index (χ0v) is 16.1. The van der Waals surface area contributed by atoms with Gasteiger partial charge < -0.3 is 33.9 Å². The zero-order valence-electron chi connectivity index (χ0n) is 16.1. The molecule has 0 saturated carbocycles. The molecule has 0 spiro atoms. The molecule has 0 bridgehead atoms. The van der Waals surface area contributed by atoms with Crippen LogP contribution in [0.15, 0.2) is 57.9 Å². The third-order valence-electron chi connectivity index (χ3n) is 4.56. The smallest absolute Gasteiger partial charge is 0.330 e. The number of hydrogen-bond donors (Lipinski definition) is 3. The molecule has 1 aliphatic heterocycles. The summed E-state index contributed by atoms with van der Waals surface area (Å²) in [6.07, 6.45) is -3.55. The van der Waals surface area contributed by atoms with Gasteiger partial charge in [-0.3, -0.25) is 4.79 Å². The summed E-state index contributed by atoms with van der Waals surface area (Å²) in [5.41, 5.74) is 0.593. The molecule has 1 fully saturated rings. The lowest BCUT2D eigenvalue weighted by atomic mass is 9.99. The van der Waals surface area contributed by atoms with Crippen LogP contribution in [0.2, 0.25) is 0 Å². The van der Waals surface area contributed by atoms with E-state index in [0.717, 1.165) is 11.8 Å². The Bertz CT molecular complexity index is 937. The quantitative estimate of drug-likeness (QED) is 0.450. The standard InChI is InChI=1S/C21H22O9/c1-12-14(22)9-10-27-20(12)30-21-19(26)18(25)17(24)15(29-21)11-28-16(23)8-7-13-5-3-2-4-6-13/h2-10,15,17-19,21,24-26H,11H2,1H3/b8-7+. The Morgan fingerprint density at radius 1 is 1.10 bits per heavy atom. The number of hydrogen-bond acceptors (Lipinski definition) is 9. The number of benzene rings is 1. The Labute approximate surface area is 171 Å². The average molecular weight is 418 g/mol. The first kappa shape index (κ1) is 21.7. The number of ether oxygens (including phenoxy) is 3. The highest BCUT2D eigenvalue weighted by atomic mass is 16.7. The van der Waals surface area contributed by atoms with Crippen molar-refractivity contribution in [2.24, 2.45) is 0 Å². The Kier molecular flexibility index (Phi) is 7.01. The number of carbonyl (C=O) groups excluding carboxylic acids is 1. The third-order valence-corrected chi connectivity index (χ3v) is 4.56. The lowest BCUT2D eigenvalue weighted by Gasteiger charge is -2.39. The van der Waals surface area contributed by atoms with Crippen molar-refractivity contribution in [1.29, 1.82) is 0 Å². The van der Waals surface area contributed by atoms with Gasteiger partial charge in [0.15, 0.2) is 5.43 Å². The van der Waals surface area contributed by atoms with E-state index in [1.807, 2.05) is 18.2 Å². The number of aliphatic hydroxyl groups excluding tert-OH is 3. The van der Waals surface area contributed by atoms with Crippen LogP contribution in [0.4, 0.5) is 0 Å². The van der Waals surface area contributed by atoms with Crippen LogP contribution in [0.1, 0.15) is 11.1 Å². The van der Waals surface area contributed by atoms with E-state index in [4.69, 9.17) is 18.6 Å². The van der Waals surface area contributed by atoms with E-state index in [1.165, 1.54) is 19.1 Å². The highest BCUT2D eigenvalue weighted by Crippen LogP contribution is 2.25. The van der Waals surface area contributed by atoms with Crippen LogP contribution in [-0.4, -0.2) is 58.6 Å². The molecule has 30 heavy (non-hydrogen) atoms. The van der Waals surface area contributed by atoms with Crippen molar-refractivity contribution in [3.8, 4) is 5.95 Å². The molecule has 9 heteroatoms. The number of esters is 1. The van der Waals surface area contributed by atoms with Crippen molar-refractivity contribution < 1.29 is 38.7 Å². The fraction of sp³-hybridized carbons (Fsp3) is 0.333. The lowest BCUT2D eigenvalue weighted by molar-refractivity contribution is -0.281. The number of aliphatic hydroxyl groups is 3. The molecule has 0 radical (unpaired) electrons. The first-order chi connectivity index (χ1) is 14.4. The van der Waals surface area contributed by atoms with Crippen molar-refractivity contribution in [3.63, 3.8) is 0 Å². The molecule has 1 aromatic carbocycles. The normalized spacial score (nSPS) is 26.5. The van der Waals surface area contributed by atoms with Gasteiger partial charge in [-0.15, -0.1) is 0 Å². The van der Waals surface area contributed by atoms with Crippen LogP contribution in [0.25, 0.3) is 6.08 Å². The predicted molar refractivity (Wildman–Crippen MR) is 103 cm³/mol. The van der Waals surface area contributed by atoms with Gasteiger partial charge in [-0.2, -0.15) is 0 Å². The van der Waals surface area contributed by atoms with Crippen molar-refractivity contribution >= 4 is 12.0 Å². The second kappa shape index (κ2) is 9.68. The Morgan fingerprint density at radius 3 is 2.57 bits per heavy atom. The molecule has 0 aliphatic carbocycles. The molecule has 2 heterocycles. The van der Waals surface area contributed by atoms with E-state index in [-0.39, 0.29) is 16.9 Å². The zero-order chi connectivity index (χ0) is 21.7. The minimum absolute atomic E-state index is 0.142. The van der Waals surface area contributed by atoms with Gasteiger partial charge in [0, 0.05) is 12.1 Å². The second-order valence-electron chi connectivity index (χ2n) is 6.70. The van der Waals surface area contributed by atoms with Crippen molar-refractivity contribution in [3.05, 3.63) is 70.1 Å². The third kappa shape index (κ3) is 5.14. The van der Waals surface area contributed by atoms with Gasteiger partial charge in [-0.05, 0) is 18.6 Å². The highest BCUT2D eigenvalue weighted by molar-refractivity contribution is 5.87. The van der Waals surface area contributed by atoms with Gasteiger partial charge in [0.2, 0.25) is 6.29 Å². The number of carbonyl (C=O) groups is 1. The van der Waals surface area contributed by atoms with Gasteiger partial charge in [-0.1, -0.05) is 30.3 Å².